The molecule has 0 amide bonds. The van der Waals surface area contributed by atoms with E-state index in [1.165, 1.54) is 124 Å². The molecule has 25 heavy (non-hydrogen) atoms. The molecule has 6 nitrogen and oxygen atoms in total. The van der Waals surface area contributed by atoms with Crippen LogP contribution in [-0.4, -0.2) is 47.0 Å². The summed E-state index contributed by atoms with van der Waals surface area (Å²) in [5, 5.41) is 25.0. The Morgan fingerprint density at radius 1 is 0.480 bits per heavy atom. The number of carbonyl (C=O) groups is 3. The minimum Gasteiger partial charge on any atom is -0.480 e. The summed E-state index contributed by atoms with van der Waals surface area (Å²) in [5.41, 5.74) is 0. The minimum atomic E-state index is -0.725. The van der Waals surface area contributed by atoms with Gasteiger partial charge in [0.25, 0.3) is 0 Å². The second-order valence-corrected chi connectivity index (χ2v) is 22.0. The predicted octanol–water partition coefficient (Wildman–Crippen LogP) is 6.26. The summed E-state index contributed by atoms with van der Waals surface area (Å²) in [6, 6.07) is 0. The van der Waals surface area contributed by atoms with E-state index in [2.05, 4.69) is 0 Å². The Balaban J connectivity index is 0.000000339. The van der Waals surface area contributed by atoms with Crippen LogP contribution in [0.25, 0.3) is 0 Å². The summed E-state index contributed by atoms with van der Waals surface area (Å²) in [5.74, 6) is -2.17. The molecule has 0 atom stereocenters. The van der Waals surface area contributed by atoms with Gasteiger partial charge in [-0.05, 0) is 59.0 Å². The first kappa shape index (κ1) is 28.4. The summed E-state index contributed by atoms with van der Waals surface area (Å²) in [6.07, 6.45) is 0. The fraction of sp³-hybridized carbons (Fsp3) is 0.500. The van der Waals surface area contributed by atoms with Gasteiger partial charge in [-0.1, -0.05) is 64.8 Å². The van der Waals surface area contributed by atoms with Crippen LogP contribution >= 0.6 is 124 Å². The molecule has 0 spiro atoms. The first-order valence-corrected chi connectivity index (χ1v) is 19.9. The third kappa shape index (κ3) is 13.3. The molecule has 19 heteroatoms. The van der Waals surface area contributed by atoms with Crippen molar-refractivity contribution in [1.29, 1.82) is 0 Å². The van der Waals surface area contributed by atoms with Crippen LogP contribution in [0.15, 0.2) is 0 Å². The van der Waals surface area contributed by atoms with Crippen LogP contribution in [0, 0.1) is 0 Å². The van der Waals surface area contributed by atoms with Gasteiger partial charge in [-0.25, -0.2) is 0 Å². The van der Waals surface area contributed by atoms with Gasteiger partial charge in [0.1, 0.15) is 0 Å². The summed E-state index contributed by atoms with van der Waals surface area (Å²) >= 11 is 0. The number of hydrogen-bond donors (Lipinski definition) is 3. The van der Waals surface area contributed by atoms with Crippen molar-refractivity contribution in [3.63, 3.8) is 0 Å². The smallest absolute Gasteiger partial charge is 0.328 e. The van der Waals surface area contributed by atoms with Gasteiger partial charge in [0.05, 0.1) is 0 Å². The molecule has 0 unspecified atom stereocenters. The maximum Gasteiger partial charge on any atom is 0.328 e. The third-order valence-corrected chi connectivity index (χ3v) is 23.9. The molecular formula is C6H6AuO6S12. The van der Waals surface area contributed by atoms with Crippen molar-refractivity contribution < 1.29 is 52.1 Å². The summed E-state index contributed by atoms with van der Waals surface area (Å²) in [7, 11) is 17.5. The summed E-state index contributed by atoms with van der Waals surface area (Å²) < 4.78 is -0.778. The van der Waals surface area contributed by atoms with E-state index in [1.54, 1.807) is 0 Å². The zero-order valence-electron chi connectivity index (χ0n) is 11.0. The molecule has 0 aromatic carbocycles. The first-order chi connectivity index (χ1) is 11.4. The van der Waals surface area contributed by atoms with Crippen molar-refractivity contribution in [3.05, 3.63) is 0 Å². The van der Waals surface area contributed by atoms with Gasteiger partial charge in [0.15, 0.2) is 13.7 Å². The maximum absolute atomic E-state index is 10.1. The Kier molecular flexibility index (Phi) is 19.4. The van der Waals surface area contributed by atoms with E-state index in [0.29, 0.717) is 0 Å². The van der Waals surface area contributed by atoms with Crippen molar-refractivity contribution >= 4 is 142 Å². The number of hydrogen-bond acceptors (Lipinski definition) is 15. The Bertz CT molecular complexity index is 363. The van der Waals surface area contributed by atoms with E-state index in [1.807, 2.05) is 0 Å². The van der Waals surface area contributed by atoms with Crippen LogP contribution in [0.3, 0.4) is 0 Å². The average Bonchev–Trinajstić information content (AvgIpc) is 3.29. The van der Waals surface area contributed by atoms with Crippen LogP contribution in [0.2, 0.25) is 0 Å². The SMILES string of the molecule is O=C(O)C1SSSS1.O=C(O)C1SSSS1.O=C(O)C1SSSS1.[Au]. The topological polar surface area (TPSA) is 112 Å². The van der Waals surface area contributed by atoms with Crippen molar-refractivity contribution in [3.8, 4) is 0 Å². The summed E-state index contributed by atoms with van der Waals surface area (Å²) in [6.45, 7) is 0. The van der Waals surface area contributed by atoms with Crippen LogP contribution in [0.5, 0.6) is 0 Å². The molecule has 3 heterocycles. The van der Waals surface area contributed by atoms with Crippen molar-refractivity contribution in [1.82, 2.24) is 0 Å². The van der Waals surface area contributed by atoms with Crippen LogP contribution in [0.1, 0.15) is 0 Å². The average molecular weight is 756 g/mol. The zero-order valence-corrected chi connectivity index (χ0v) is 23.0. The molecule has 0 bridgehead atoms. The standard InChI is InChI=1S/3C2H2O2S4.Au/c3*3-1(4)2-5-7-8-6-2;/h3*2H,(H,3,4);. The normalized spacial score (nSPS) is 20.6. The van der Waals surface area contributed by atoms with E-state index in [0.717, 1.165) is 0 Å². The predicted molar refractivity (Wildman–Crippen MR) is 125 cm³/mol. The van der Waals surface area contributed by atoms with Crippen molar-refractivity contribution in [2.75, 3.05) is 0 Å². The second-order valence-electron chi connectivity index (χ2n) is 3.00. The maximum atomic E-state index is 10.1. The van der Waals surface area contributed by atoms with E-state index in [9.17, 15) is 14.4 Å². The zero-order chi connectivity index (χ0) is 17.9. The Labute approximate surface area is 204 Å². The Hall–Kier alpha value is 3.35. The molecular weight excluding hydrogens is 750 g/mol. The molecule has 0 aromatic heterocycles. The molecule has 0 aliphatic carbocycles. The van der Waals surface area contributed by atoms with Gasteiger partial charge in [-0.2, -0.15) is 0 Å². The molecule has 3 aliphatic heterocycles. The van der Waals surface area contributed by atoms with Gasteiger partial charge in [-0.3, -0.25) is 14.4 Å². The molecule has 3 rings (SSSR count). The molecule has 3 N–H and O–H groups in total. The van der Waals surface area contributed by atoms with Crippen LogP contribution in [-0.2, 0) is 36.8 Å². The molecule has 3 saturated heterocycles. The number of aliphatic carboxylic acids is 3. The monoisotopic (exact) mass is 755 g/mol. The number of carboxylic acids is 3. The van der Waals surface area contributed by atoms with Crippen molar-refractivity contribution in [2.45, 2.75) is 13.7 Å². The minimum absolute atomic E-state index is 0. The fourth-order valence-electron chi connectivity index (χ4n) is 0.605. The second kappa shape index (κ2) is 17.1. The first-order valence-electron chi connectivity index (χ1n) is 5.06. The van der Waals surface area contributed by atoms with Gasteiger partial charge < -0.3 is 15.3 Å². The molecule has 3 aliphatic rings. The van der Waals surface area contributed by atoms with E-state index in [-0.39, 0.29) is 36.1 Å². The van der Waals surface area contributed by atoms with E-state index >= 15 is 0 Å². The fourth-order valence-corrected chi connectivity index (χ4v) is 24.9. The van der Waals surface area contributed by atoms with E-state index in [4.69, 9.17) is 15.3 Å². The number of carboxylic acid groups (broad SMARTS) is 3. The van der Waals surface area contributed by atoms with Gasteiger partial charge in [0, 0.05) is 22.4 Å². The largest absolute Gasteiger partial charge is 0.480 e. The summed E-state index contributed by atoms with van der Waals surface area (Å²) in [4.78, 5) is 30.4. The molecule has 3 fully saturated rings. The third-order valence-electron chi connectivity index (χ3n) is 1.45. The quantitative estimate of drug-likeness (QED) is 0.222. The van der Waals surface area contributed by atoms with Crippen LogP contribution in [0.4, 0.5) is 0 Å². The van der Waals surface area contributed by atoms with Gasteiger partial charge in [0.2, 0.25) is 0 Å². The molecule has 149 valence electrons. The molecule has 1 radical (unpaired) electrons. The van der Waals surface area contributed by atoms with Crippen LogP contribution < -0.4 is 0 Å². The number of rotatable bonds is 3. The van der Waals surface area contributed by atoms with Crippen molar-refractivity contribution in [2.24, 2.45) is 0 Å². The van der Waals surface area contributed by atoms with Gasteiger partial charge >= 0.3 is 17.9 Å². The molecule has 0 saturated carbocycles. The van der Waals surface area contributed by atoms with Gasteiger partial charge in [-0.15, -0.1) is 0 Å². The Morgan fingerprint density at radius 2 is 0.640 bits per heavy atom. The molecule has 0 aromatic rings. The Morgan fingerprint density at radius 3 is 0.720 bits per heavy atom. The van der Waals surface area contributed by atoms with E-state index < -0.39 is 17.9 Å².